The first-order chi connectivity index (χ1) is 29.5. The van der Waals surface area contributed by atoms with Crippen molar-refractivity contribution in [3.63, 3.8) is 0 Å². The molecule has 0 saturated carbocycles. The van der Waals surface area contributed by atoms with Gasteiger partial charge < -0.3 is 19.8 Å². The molecule has 3 unspecified atom stereocenters. The molecule has 0 heterocycles. The third kappa shape index (κ3) is 45.5. The van der Waals surface area contributed by atoms with E-state index in [-0.39, 0.29) is 19.1 Å². The molecule has 0 radical (unpaired) electrons. The molecule has 0 aromatic heterocycles. The summed E-state index contributed by atoms with van der Waals surface area (Å²) in [5.41, 5.74) is 0. The standard InChI is InChI=1S/C52H93N2O6P/c1-6-8-10-12-13-14-15-16-17-18-19-20-21-22-23-24-25-26-27-28-29-30-31-32-33-34-35-36-37-38-39-40-41-42-44-46-52(56)53-50(51(55)45-43-11-9-7-2)49-60-61(57,58)59-48-47-54(3,4)5/h8,10,13-14,16-17,19-20,22-23,25-26,43,45,50-51,55H,6-7,9,11-12,15,18,21,24,27-42,44,46-49H2,1-5H3,(H-,53,56,57,58)/p+1/b10-8-,14-13-,17-16-,20-19-,23-22-,26-25-,45-43+. The lowest BCUT2D eigenvalue weighted by Gasteiger charge is -2.25. The third-order valence-electron chi connectivity index (χ3n) is 10.4. The first-order valence-corrected chi connectivity index (χ1v) is 26.0. The van der Waals surface area contributed by atoms with Gasteiger partial charge in [-0.25, -0.2) is 4.57 Å². The first-order valence-electron chi connectivity index (χ1n) is 24.5. The van der Waals surface area contributed by atoms with E-state index >= 15 is 0 Å². The molecule has 0 aromatic carbocycles. The number of phosphoric ester groups is 1. The Balaban J connectivity index is 3.81. The molecule has 0 spiro atoms. The third-order valence-corrected chi connectivity index (χ3v) is 11.4. The van der Waals surface area contributed by atoms with Gasteiger partial charge in [-0.2, -0.15) is 0 Å². The topological polar surface area (TPSA) is 105 Å². The van der Waals surface area contributed by atoms with Gasteiger partial charge in [-0.1, -0.05) is 202 Å². The maximum atomic E-state index is 12.7. The van der Waals surface area contributed by atoms with Crippen molar-refractivity contribution in [1.29, 1.82) is 0 Å². The lowest BCUT2D eigenvalue weighted by molar-refractivity contribution is -0.870. The number of rotatable bonds is 43. The van der Waals surface area contributed by atoms with Crippen molar-refractivity contribution in [2.75, 3.05) is 40.9 Å². The number of unbranched alkanes of at least 4 members (excludes halogenated alkanes) is 18. The zero-order valence-electron chi connectivity index (χ0n) is 39.9. The van der Waals surface area contributed by atoms with Crippen LogP contribution in [0.25, 0.3) is 0 Å². The van der Waals surface area contributed by atoms with Gasteiger partial charge in [0.2, 0.25) is 5.91 Å². The Morgan fingerprint density at radius 2 is 0.984 bits per heavy atom. The van der Waals surface area contributed by atoms with Crippen LogP contribution in [0.4, 0.5) is 0 Å². The van der Waals surface area contributed by atoms with Gasteiger partial charge in [-0.05, 0) is 64.2 Å². The predicted octanol–water partition coefficient (Wildman–Crippen LogP) is 14.1. The van der Waals surface area contributed by atoms with Gasteiger partial charge in [0.15, 0.2) is 0 Å². The molecule has 0 bridgehead atoms. The van der Waals surface area contributed by atoms with E-state index in [0.717, 1.165) is 77.0 Å². The molecule has 0 saturated heterocycles. The number of phosphoric acid groups is 1. The molecule has 1 amide bonds. The van der Waals surface area contributed by atoms with Gasteiger partial charge in [0.25, 0.3) is 0 Å². The van der Waals surface area contributed by atoms with Gasteiger partial charge in [0.1, 0.15) is 13.2 Å². The van der Waals surface area contributed by atoms with Crippen molar-refractivity contribution >= 4 is 13.7 Å². The summed E-state index contributed by atoms with van der Waals surface area (Å²) in [5, 5.41) is 13.6. The average molecular weight is 874 g/mol. The number of quaternary nitrogens is 1. The average Bonchev–Trinajstić information content (AvgIpc) is 3.21. The quantitative estimate of drug-likeness (QED) is 0.0244. The number of nitrogens with zero attached hydrogens (tertiary/aromatic N) is 1. The fourth-order valence-corrected chi connectivity index (χ4v) is 7.24. The van der Waals surface area contributed by atoms with Crippen LogP contribution in [0.5, 0.6) is 0 Å². The Morgan fingerprint density at radius 3 is 1.43 bits per heavy atom. The van der Waals surface area contributed by atoms with Crippen LogP contribution in [0.15, 0.2) is 85.1 Å². The highest BCUT2D eigenvalue weighted by atomic mass is 31.2. The zero-order valence-corrected chi connectivity index (χ0v) is 40.8. The minimum absolute atomic E-state index is 0.0578. The molecule has 0 aromatic rings. The van der Waals surface area contributed by atoms with E-state index in [1.54, 1.807) is 6.08 Å². The van der Waals surface area contributed by atoms with Crippen molar-refractivity contribution in [3.8, 4) is 0 Å². The smallest absolute Gasteiger partial charge is 0.387 e. The molecule has 3 atom stereocenters. The summed E-state index contributed by atoms with van der Waals surface area (Å²) in [5.74, 6) is -0.190. The van der Waals surface area contributed by atoms with E-state index in [0.29, 0.717) is 17.4 Å². The lowest BCUT2D eigenvalue weighted by Crippen LogP contribution is -2.45. The molecular formula is C52H94N2O6P+. The van der Waals surface area contributed by atoms with E-state index in [1.165, 1.54) is 89.9 Å². The fraction of sp³-hybridized carbons (Fsp3) is 0.712. The summed E-state index contributed by atoms with van der Waals surface area (Å²) in [4.78, 5) is 22.9. The number of carbonyl (C=O) groups excluding carboxylic acids is 1. The Morgan fingerprint density at radius 1 is 0.574 bits per heavy atom. The summed E-state index contributed by atoms with van der Waals surface area (Å²) in [6.45, 7) is 4.53. The number of carbonyl (C=O) groups is 1. The summed E-state index contributed by atoms with van der Waals surface area (Å²) in [6.07, 6.45) is 60.3. The molecule has 9 heteroatoms. The number of aliphatic hydroxyl groups is 1. The largest absolute Gasteiger partial charge is 0.472 e. The highest BCUT2D eigenvalue weighted by molar-refractivity contribution is 7.47. The number of hydrogen-bond donors (Lipinski definition) is 3. The number of hydrogen-bond acceptors (Lipinski definition) is 5. The number of amides is 1. The van der Waals surface area contributed by atoms with E-state index in [1.807, 2.05) is 27.2 Å². The summed E-state index contributed by atoms with van der Waals surface area (Å²) >= 11 is 0. The predicted molar refractivity (Wildman–Crippen MR) is 263 cm³/mol. The van der Waals surface area contributed by atoms with Crippen LogP contribution < -0.4 is 5.32 Å². The van der Waals surface area contributed by atoms with Crippen LogP contribution in [0.3, 0.4) is 0 Å². The molecule has 0 rings (SSSR count). The van der Waals surface area contributed by atoms with Crippen LogP contribution in [-0.4, -0.2) is 73.4 Å². The second kappa shape index (κ2) is 43.0. The Bertz CT molecular complexity index is 1260. The first kappa shape index (κ1) is 58.7. The summed E-state index contributed by atoms with van der Waals surface area (Å²) in [7, 11) is 1.56. The number of aliphatic hydroxyl groups excluding tert-OH is 1. The SMILES string of the molecule is CC/C=C\C/C=C\C/C=C\C/C=C\C/C=C\C/C=C\CCCCCCCCCCCCCCCCCCC(=O)NC(COP(=O)(O)OCC[N+](C)(C)C)C(O)/C=C/CCCC. The normalized spacial score (nSPS) is 14.9. The fourth-order valence-electron chi connectivity index (χ4n) is 6.50. The van der Waals surface area contributed by atoms with Gasteiger partial charge in [0.05, 0.1) is 39.9 Å². The van der Waals surface area contributed by atoms with Gasteiger partial charge in [-0.3, -0.25) is 13.8 Å². The van der Waals surface area contributed by atoms with Crippen LogP contribution in [0.1, 0.15) is 187 Å². The van der Waals surface area contributed by atoms with Crippen LogP contribution in [0, 0.1) is 0 Å². The molecule has 0 aliphatic carbocycles. The Kier molecular flexibility index (Phi) is 41.3. The van der Waals surface area contributed by atoms with E-state index < -0.39 is 20.0 Å². The van der Waals surface area contributed by atoms with Gasteiger partial charge in [-0.15, -0.1) is 0 Å². The van der Waals surface area contributed by atoms with E-state index in [9.17, 15) is 19.4 Å². The van der Waals surface area contributed by atoms with Gasteiger partial charge >= 0.3 is 7.82 Å². The minimum atomic E-state index is -4.32. The Hall–Kier alpha value is -2.32. The van der Waals surface area contributed by atoms with Crippen LogP contribution >= 0.6 is 7.82 Å². The molecule has 61 heavy (non-hydrogen) atoms. The monoisotopic (exact) mass is 874 g/mol. The zero-order chi connectivity index (χ0) is 45.0. The second-order valence-electron chi connectivity index (χ2n) is 17.5. The molecule has 3 N–H and O–H groups in total. The Labute approximate surface area is 376 Å². The van der Waals surface area contributed by atoms with Crippen LogP contribution in [-0.2, 0) is 18.4 Å². The maximum Gasteiger partial charge on any atom is 0.472 e. The second-order valence-corrected chi connectivity index (χ2v) is 18.9. The van der Waals surface area contributed by atoms with Crippen molar-refractivity contribution in [1.82, 2.24) is 5.32 Å². The number of likely N-dealkylation sites (N-methyl/N-ethyl adjacent to an activating group) is 1. The molecular weight excluding hydrogens is 780 g/mol. The lowest BCUT2D eigenvalue weighted by atomic mass is 10.0. The molecule has 8 nitrogen and oxygen atoms in total. The summed E-state index contributed by atoms with van der Waals surface area (Å²) < 4.78 is 23.3. The van der Waals surface area contributed by atoms with Crippen molar-refractivity contribution < 1.29 is 32.9 Å². The molecule has 0 aliphatic heterocycles. The number of allylic oxidation sites excluding steroid dienone is 13. The van der Waals surface area contributed by atoms with Gasteiger partial charge in [0, 0.05) is 6.42 Å². The van der Waals surface area contributed by atoms with Crippen molar-refractivity contribution in [2.45, 2.75) is 199 Å². The molecule has 0 aliphatic rings. The van der Waals surface area contributed by atoms with Crippen molar-refractivity contribution in [3.05, 3.63) is 85.1 Å². The van der Waals surface area contributed by atoms with E-state index in [4.69, 9.17) is 9.05 Å². The van der Waals surface area contributed by atoms with Crippen LogP contribution in [0.2, 0.25) is 0 Å². The highest BCUT2D eigenvalue weighted by Gasteiger charge is 2.27. The summed E-state index contributed by atoms with van der Waals surface area (Å²) in [6, 6.07) is -0.844. The molecule has 0 fully saturated rings. The highest BCUT2D eigenvalue weighted by Crippen LogP contribution is 2.43. The maximum absolute atomic E-state index is 12.7. The molecule has 352 valence electrons. The number of nitrogens with one attached hydrogen (secondary N) is 1. The minimum Gasteiger partial charge on any atom is -0.387 e. The van der Waals surface area contributed by atoms with E-state index in [2.05, 4.69) is 92.1 Å². The van der Waals surface area contributed by atoms with Crippen molar-refractivity contribution in [2.24, 2.45) is 0 Å².